The normalized spacial score (nSPS) is 24.3. The molecular formula is C15H23NO. The van der Waals surface area contributed by atoms with E-state index < -0.39 is 0 Å². The highest BCUT2D eigenvalue weighted by Crippen LogP contribution is 2.36. The first-order valence-electron chi connectivity index (χ1n) is 6.36. The molecule has 2 nitrogen and oxygen atoms in total. The van der Waals surface area contributed by atoms with Crippen LogP contribution < -0.4 is 10.1 Å². The van der Waals surface area contributed by atoms with Crippen LogP contribution in [0.5, 0.6) is 5.75 Å². The number of rotatable bonds is 2. The average Bonchev–Trinajstić information content (AvgIpc) is 2.22. The monoisotopic (exact) mass is 233 g/mol. The molecule has 0 aliphatic carbocycles. The van der Waals surface area contributed by atoms with Gasteiger partial charge in [0.2, 0.25) is 0 Å². The molecule has 2 unspecified atom stereocenters. The van der Waals surface area contributed by atoms with Crippen molar-refractivity contribution >= 4 is 0 Å². The molecule has 94 valence electrons. The average molecular weight is 233 g/mol. The summed E-state index contributed by atoms with van der Waals surface area (Å²) in [5, 5.41) is 3.53. The molecule has 17 heavy (non-hydrogen) atoms. The van der Waals surface area contributed by atoms with Gasteiger partial charge in [-0.2, -0.15) is 0 Å². The number of ether oxygens (including phenoxy) is 1. The summed E-state index contributed by atoms with van der Waals surface area (Å²) in [6.45, 7) is 8.96. The lowest BCUT2D eigenvalue weighted by Crippen LogP contribution is -2.43. The molecular weight excluding hydrogens is 210 g/mol. The first kappa shape index (κ1) is 12.4. The van der Waals surface area contributed by atoms with E-state index in [-0.39, 0.29) is 5.41 Å². The molecule has 0 aromatic heterocycles. The third-order valence-corrected chi connectivity index (χ3v) is 3.55. The van der Waals surface area contributed by atoms with Gasteiger partial charge in [0.15, 0.2) is 0 Å². The van der Waals surface area contributed by atoms with Crippen LogP contribution in [0, 0.1) is 0 Å². The summed E-state index contributed by atoms with van der Waals surface area (Å²) in [6, 6.07) is 7.65. The van der Waals surface area contributed by atoms with Crippen molar-refractivity contribution in [1.82, 2.24) is 5.32 Å². The smallest absolute Gasteiger partial charge is 0.123 e. The molecule has 1 aliphatic rings. The molecule has 1 aromatic rings. The van der Waals surface area contributed by atoms with E-state index >= 15 is 0 Å². The molecule has 1 aromatic carbocycles. The van der Waals surface area contributed by atoms with Crippen LogP contribution in [0.25, 0.3) is 0 Å². The third kappa shape index (κ3) is 2.47. The Balaban J connectivity index is 2.34. The van der Waals surface area contributed by atoms with Crippen molar-refractivity contribution in [3.63, 3.8) is 0 Å². The Hall–Kier alpha value is -1.02. The Morgan fingerprint density at radius 2 is 1.94 bits per heavy atom. The number of hydrogen-bond donors (Lipinski definition) is 1. The zero-order chi connectivity index (χ0) is 12.6. The van der Waals surface area contributed by atoms with Crippen molar-refractivity contribution < 1.29 is 4.74 Å². The quantitative estimate of drug-likeness (QED) is 0.845. The van der Waals surface area contributed by atoms with Gasteiger partial charge >= 0.3 is 0 Å². The van der Waals surface area contributed by atoms with E-state index in [1.165, 1.54) is 17.5 Å². The maximum Gasteiger partial charge on any atom is 0.123 e. The molecule has 0 saturated carbocycles. The lowest BCUT2D eigenvalue weighted by Gasteiger charge is -2.36. The van der Waals surface area contributed by atoms with Gasteiger partial charge in [-0.15, -0.1) is 0 Å². The fourth-order valence-electron chi connectivity index (χ4n) is 2.36. The Bertz CT molecular complexity index is 400. The molecule has 0 radical (unpaired) electrons. The molecule has 0 spiro atoms. The second kappa shape index (κ2) is 4.34. The molecule has 2 atom stereocenters. The Morgan fingerprint density at radius 1 is 1.29 bits per heavy atom. The molecule has 2 rings (SSSR count). The summed E-state index contributed by atoms with van der Waals surface area (Å²) in [5.41, 5.74) is 2.86. The zero-order valence-electron chi connectivity index (χ0n) is 11.5. The fourth-order valence-corrected chi connectivity index (χ4v) is 2.36. The summed E-state index contributed by atoms with van der Waals surface area (Å²) >= 11 is 0. The SMILES string of the molecule is COc1ccc(C(C)(C)C)cc1C1CC(C)N1. The molecule has 0 amide bonds. The van der Waals surface area contributed by atoms with Crippen LogP contribution in [0.3, 0.4) is 0 Å². The minimum atomic E-state index is 0.191. The van der Waals surface area contributed by atoms with Crippen LogP contribution in [0.4, 0.5) is 0 Å². The van der Waals surface area contributed by atoms with Gasteiger partial charge in [-0.1, -0.05) is 26.8 Å². The number of methoxy groups -OCH3 is 1. The van der Waals surface area contributed by atoms with Gasteiger partial charge in [-0.3, -0.25) is 0 Å². The standard InChI is InChI=1S/C15H23NO/c1-10-8-13(16-10)12-9-11(15(2,3)4)6-7-14(12)17-5/h6-7,9-10,13,16H,8H2,1-5H3. The first-order chi connectivity index (χ1) is 7.91. The minimum absolute atomic E-state index is 0.191. The largest absolute Gasteiger partial charge is 0.496 e. The van der Waals surface area contributed by atoms with Crippen molar-refractivity contribution in [1.29, 1.82) is 0 Å². The highest BCUT2D eigenvalue weighted by Gasteiger charge is 2.29. The number of nitrogens with one attached hydrogen (secondary N) is 1. The number of benzene rings is 1. The van der Waals surface area contributed by atoms with E-state index in [2.05, 4.69) is 51.2 Å². The van der Waals surface area contributed by atoms with E-state index in [0.29, 0.717) is 12.1 Å². The Labute approximate surface area is 104 Å². The van der Waals surface area contributed by atoms with Crippen LogP contribution >= 0.6 is 0 Å². The topological polar surface area (TPSA) is 21.3 Å². The summed E-state index contributed by atoms with van der Waals surface area (Å²) < 4.78 is 5.47. The van der Waals surface area contributed by atoms with E-state index in [1.807, 2.05) is 0 Å². The van der Waals surface area contributed by atoms with E-state index in [9.17, 15) is 0 Å². The minimum Gasteiger partial charge on any atom is -0.496 e. The van der Waals surface area contributed by atoms with E-state index in [1.54, 1.807) is 7.11 Å². The van der Waals surface area contributed by atoms with Crippen LogP contribution in [-0.4, -0.2) is 13.2 Å². The van der Waals surface area contributed by atoms with Crippen molar-refractivity contribution in [3.8, 4) is 5.75 Å². The highest BCUT2D eigenvalue weighted by molar-refractivity contribution is 5.42. The van der Waals surface area contributed by atoms with E-state index in [4.69, 9.17) is 4.74 Å². The molecule has 0 bridgehead atoms. The molecule has 1 N–H and O–H groups in total. The van der Waals surface area contributed by atoms with Crippen molar-refractivity contribution in [2.75, 3.05) is 7.11 Å². The van der Waals surface area contributed by atoms with Crippen molar-refractivity contribution in [2.24, 2.45) is 0 Å². The van der Waals surface area contributed by atoms with Gasteiger partial charge in [-0.05, 0) is 36.5 Å². The van der Waals surface area contributed by atoms with Gasteiger partial charge < -0.3 is 10.1 Å². The van der Waals surface area contributed by atoms with Crippen LogP contribution in [0.15, 0.2) is 18.2 Å². The van der Waals surface area contributed by atoms with Gasteiger partial charge in [0.05, 0.1) is 7.11 Å². The van der Waals surface area contributed by atoms with Gasteiger partial charge in [-0.25, -0.2) is 0 Å². The third-order valence-electron chi connectivity index (χ3n) is 3.55. The summed E-state index contributed by atoms with van der Waals surface area (Å²) in [7, 11) is 1.75. The molecule has 2 heteroatoms. The summed E-state index contributed by atoms with van der Waals surface area (Å²) in [6.07, 6.45) is 1.20. The van der Waals surface area contributed by atoms with Crippen LogP contribution in [0.2, 0.25) is 0 Å². The van der Waals surface area contributed by atoms with E-state index in [0.717, 1.165) is 5.75 Å². The van der Waals surface area contributed by atoms with Gasteiger partial charge in [0.1, 0.15) is 5.75 Å². The zero-order valence-corrected chi connectivity index (χ0v) is 11.5. The predicted molar refractivity (Wildman–Crippen MR) is 71.6 cm³/mol. The second-order valence-corrected chi connectivity index (χ2v) is 6.06. The van der Waals surface area contributed by atoms with Crippen molar-refractivity contribution in [2.45, 2.75) is 51.6 Å². The van der Waals surface area contributed by atoms with Crippen molar-refractivity contribution in [3.05, 3.63) is 29.3 Å². The Morgan fingerprint density at radius 3 is 2.41 bits per heavy atom. The maximum absolute atomic E-state index is 5.47. The molecule has 1 heterocycles. The highest BCUT2D eigenvalue weighted by atomic mass is 16.5. The Kier molecular flexibility index (Phi) is 3.17. The van der Waals surface area contributed by atoms with Gasteiger partial charge in [0.25, 0.3) is 0 Å². The lowest BCUT2D eigenvalue weighted by atomic mass is 9.83. The van der Waals surface area contributed by atoms with Crippen LogP contribution in [-0.2, 0) is 5.41 Å². The maximum atomic E-state index is 5.47. The summed E-state index contributed by atoms with van der Waals surface area (Å²) in [4.78, 5) is 0. The first-order valence-corrected chi connectivity index (χ1v) is 6.36. The second-order valence-electron chi connectivity index (χ2n) is 6.06. The molecule has 1 saturated heterocycles. The molecule has 1 fully saturated rings. The lowest BCUT2D eigenvalue weighted by molar-refractivity contribution is 0.278. The number of hydrogen-bond acceptors (Lipinski definition) is 2. The van der Waals surface area contributed by atoms with Gasteiger partial charge in [0, 0.05) is 17.6 Å². The predicted octanol–water partition coefficient (Wildman–Crippen LogP) is 3.42. The van der Waals surface area contributed by atoms with Crippen LogP contribution in [0.1, 0.15) is 51.3 Å². The molecule has 1 aliphatic heterocycles. The fraction of sp³-hybridized carbons (Fsp3) is 0.600. The summed E-state index contributed by atoms with van der Waals surface area (Å²) in [5.74, 6) is 1.00.